The van der Waals surface area contributed by atoms with E-state index in [-0.39, 0.29) is 17.1 Å². The summed E-state index contributed by atoms with van der Waals surface area (Å²) in [5.74, 6) is 0.0500. The van der Waals surface area contributed by atoms with Crippen LogP contribution in [0.1, 0.15) is 24.2 Å². The summed E-state index contributed by atoms with van der Waals surface area (Å²) in [5.41, 5.74) is 0.377. The van der Waals surface area contributed by atoms with E-state index in [4.69, 9.17) is 9.47 Å². The monoisotopic (exact) mass is 261 g/mol. The van der Waals surface area contributed by atoms with E-state index in [0.717, 1.165) is 18.8 Å². The number of benzene rings is 1. The highest BCUT2D eigenvalue weighted by atomic mass is 16.6. The molecule has 0 N–H and O–H groups in total. The minimum absolute atomic E-state index is 0.0500. The van der Waals surface area contributed by atoms with Gasteiger partial charge >= 0.3 is 0 Å². The summed E-state index contributed by atoms with van der Waals surface area (Å²) >= 11 is 0. The number of nitrogens with zero attached hydrogens (tertiary/aromatic N) is 1. The summed E-state index contributed by atoms with van der Waals surface area (Å²) in [6.45, 7) is 6.77. The van der Waals surface area contributed by atoms with Crippen LogP contribution < -0.4 is 0 Å². The third-order valence-corrected chi connectivity index (χ3v) is 3.63. The number of hydrogen-bond acceptors (Lipinski definition) is 3. The zero-order chi connectivity index (χ0) is 13.5. The van der Waals surface area contributed by atoms with Crippen molar-refractivity contribution in [3.05, 3.63) is 35.9 Å². The topological polar surface area (TPSA) is 45.4 Å². The first-order chi connectivity index (χ1) is 9.00. The molecule has 2 unspecified atom stereocenters. The first kappa shape index (κ1) is 12.6. The molecule has 4 nitrogen and oxygen atoms in total. The number of ether oxygens (including phenoxy) is 2. The molecule has 4 heteroatoms. The highest BCUT2D eigenvalue weighted by Crippen LogP contribution is 2.32. The Morgan fingerprint density at radius 2 is 1.58 bits per heavy atom. The van der Waals surface area contributed by atoms with Gasteiger partial charge in [-0.15, -0.1) is 0 Å². The van der Waals surface area contributed by atoms with Crippen molar-refractivity contribution in [2.45, 2.75) is 25.0 Å². The molecule has 1 aromatic carbocycles. The smallest absolute Gasteiger partial charge is 0.254 e. The molecule has 0 aliphatic carbocycles. The van der Waals surface area contributed by atoms with E-state index in [1.165, 1.54) is 0 Å². The Kier molecular flexibility index (Phi) is 2.87. The van der Waals surface area contributed by atoms with Gasteiger partial charge in [0.1, 0.15) is 11.2 Å². The molecule has 2 aliphatic rings. The van der Waals surface area contributed by atoms with Gasteiger partial charge in [-0.3, -0.25) is 4.79 Å². The predicted molar refractivity (Wildman–Crippen MR) is 71.1 cm³/mol. The molecule has 102 valence electrons. The molecule has 0 bridgehead atoms. The molecular formula is C15H19NO3. The number of rotatable bonds is 5. The maximum absolute atomic E-state index is 12.6. The highest BCUT2D eigenvalue weighted by Gasteiger charge is 2.47. The van der Waals surface area contributed by atoms with Crippen LogP contribution in [0.25, 0.3) is 0 Å². The summed E-state index contributed by atoms with van der Waals surface area (Å²) in [5, 5.41) is 0. The van der Waals surface area contributed by atoms with Crippen LogP contribution in [0.5, 0.6) is 0 Å². The van der Waals surface area contributed by atoms with Gasteiger partial charge in [-0.25, -0.2) is 0 Å². The largest absolute Gasteiger partial charge is 0.368 e. The normalized spacial score (nSPS) is 31.9. The molecule has 2 saturated heterocycles. The Balaban J connectivity index is 1.75. The Morgan fingerprint density at radius 3 is 2.00 bits per heavy atom. The first-order valence-corrected chi connectivity index (χ1v) is 6.62. The molecule has 3 rings (SSSR count). The van der Waals surface area contributed by atoms with Gasteiger partial charge < -0.3 is 14.4 Å². The van der Waals surface area contributed by atoms with Gasteiger partial charge in [-0.05, 0) is 26.0 Å². The van der Waals surface area contributed by atoms with Crippen LogP contribution in [0, 0.1) is 0 Å². The van der Waals surface area contributed by atoms with Crippen molar-refractivity contribution in [2.75, 3.05) is 26.3 Å². The fourth-order valence-electron chi connectivity index (χ4n) is 2.20. The average molecular weight is 261 g/mol. The second-order valence-electron chi connectivity index (χ2n) is 6.00. The second kappa shape index (κ2) is 4.32. The van der Waals surface area contributed by atoms with Gasteiger partial charge in [0, 0.05) is 5.56 Å². The van der Waals surface area contributed by atoms with Crippen LogP contribution in [0.2, 0.25) is 0 Å². The van der Waals surface area contributed by atoms with E-state index in [2.05, 4.69) is 0 Å². The maximum atomic E-state index is 12.6. The lowest BCUT2D eigenvalue weighted by Crippen LogP contribution is -2.43. The van der Waals surface area contributed by atoms with E-state index >= 15 is 0 Å². The van der Waals surface area contributed by atoms with Crippen LogP contribution in [-0.2, 0) is 9.47 Å². The zero-order valence-electron chi connectivity index (χ0n) is 11.4. The van der Waals surface area contributed by atoms with Crippen molar-refractivity contribution >= 4 is 5.91 Å². The summed E-state index contributed by atoms with van der Waals surface area (Å²) in [4.78, 5) is 14.4. The maximum Gasteiger partial charge on any atom is 0.254 e. The number of carbonyl (C=O) groups excluding carboxylic acids is 1. The number of epoxide rings is 2. The predicted octanol–water partition coefficient (Wildman–Crippen LogP) is 1.71. The SMILES string of the molecule is CC1(CN(CC2(C)CO2)C(=O)c2ccccc2)CO1. The Bertz CT molecular complexity index is 457. The molecule has 0 radical (unpaired) electrons. The molecule has 0 spiro atoms. The van der Waals surface area contributed by atoms with Crippen LogP contribution in [-0.4, -0.2) is 48.3 Å². The van der Waals surface area contributed by atoms with E-state index in [1.54, 1.807) is 0 Å². The molecule has 1 aromatic rings. The van der Waals surface area contributed by atoms with Crippen molar-refractivity contribution in [1.29, 1.82) is 0 Å². The molecular weight excluding hydrogens is 242 g/mol. The second-order valence-corrected chi connectivity index (χ2v) is 6.00. The van der Waals surface area contributed by atoms with E-state index in [1.807, 2.05) is 49.1 Å². The summed E-state index contributed by atoms with van der Waals surface area (Å²) < 4.78 is 10.8. The lowest BCUT2D eigenvalue weighted by Gasteiger charge is -2.26. The van der Waals surface area contributed by atoms with Crippen LogP contribution in [0.15, 0.2) is 30.3 Å². The molecule has 2 fully saturated rings. The van der Waals surface area contributed by atoms with Crippen LogP contribution >= 0.6 is 0 Å². The zero-order valence-corrected chi connectivity index (χ0v) is 11.4. The lowest BCUT2D eigenvalue weighted by molar-refractivity contribution is 0.0664. The van der Waals surface area contributed by atoms with Crippen LogP contribution in [0.3, 0.4) is 0 Å². The molecule has 0 aromatic heterocycles. The van der Waals surface area contributed by atoms with Gasteiger partial charge in [0.05, 0.1) is 26.3 Å². The highest BCUT2D eigenvalue weighted by molar-refractivity contribution is 5.94. The summed E-state index contributed by atoms with van der Waals surface area (Å²) in [7, 11) is 0. The van der Waals surface area contributed by atoms with Crippen molar-refractivity contribution in [2.24, 2.45) is 0 Å². The van der Waals surface area contributed by atoms with Crippen molar-refractivity contribution in [3.63, 3.8) is 0 Å². The van der Waals surface area contributed by atoms with Gasteiger partial charge in [-0.1, -0.05) is 18.2 Å². The van der Waals surface area contributed by atoms with E-state index in [0.29, 0.717) is 13.1 Å². The number of amides is 1. The van der Waals surface area contributed by atoms with Gasteiger partial charge in [0.15, 0.2) is 0 Å². The minimum atomic E-state index is -0.171. The minimum Gasteiger partial charge on any atom is -0.368 e. The molecule has 2 atom stereocenters. The molecule has 1 amide bonds. The number of hydrogen-bond donors (Lipinski definition) is 0. The van der Waals surface area contributed by atoms with Crippen molar-refractivity contribution in [3.8, 4) is 0 Å². The third-order valence-electron chi connectivity index (χ3n) is 3.63. The fraction of sp³-hybridized carbons (Fsp3) is 0.533. The Morgan fingerprint density at radius 1 is 1.11 bits per heavy atom. The van der Waals surface area contributed by atoms with Gasteiger partial charge in [-0.2, -0.15) is 0 Å². The van der Waals surface area contributed by atoms with Crippen molar-refractivity contribution in [1.82, 2.24) is 4.90 Å². The van der Waals surface area contributed by atoms with E-state index in [9.17, 15) is 4.79 Å². The average Bonchev–Trinajstić information content (AvgIpc) is 3.30. The standard InChI is InChI=1S/C15H19NO3/c1-14(10-18-14)8-16(9-15(2)11-19-15)13(17)12-6-4-3-5-7-12/h3-7H,8-11H2,1-2H3. The fourth-order valence-corrected chi connectivity index (χ4v) is 2.20. The molecule has 2 heterocycles. The third kappa shape index (κ3) is 2.96. The van der Waals surface area contributed by atoms with Gasteiger partial charge in [0.2, 0.25) is 0 Å². The Hall–Kier alpha value is -1.39. The molecule has 2 aliphatic heterocycles. The van der Waals surface area contributed by atoms with Gasteiger partial charge in [0.25, 0.3) is 5.91 Å². The summed E-state index contributed by atoms with van der Waals surface area (Å²) in [6, 6.07) is 9.38. The van der Waals surface area contributed by atoms with Crippen LogP contribution in [0.4, 0.5) is 0 Å². The van der Waals surface area contributed by atoms with Crippen molar-refractivity contribution < 1.29 is 14.3 Å². The first-order valence-electron chi connectivity index (χ1n) is 6.62. The lowest BCUT2D eigenvalue weighted by atomic mass is 10.1. The summed E-state index contributed by atoms with van der Waals surface area (Å²) in [6.07, 6.45) is 0. The molecule has 19 heavy (non-hydrogen) atoms. The Labute approximate surface area is 113 Å². The molecule has 0 saturated carbocycles. The van der Waals surface area contributed by atoms with E-state index < -0.39 is 0 Å². The number of carbonyl (C=O) groups is 1. The quantitative estimate of drug-likeness (QED) is 0.758.